The van der Waals surface area contributed by atoms with Crippen LogP contribution >= 0.6 is 0 Å². The second-order valence-electron chi connectivity index (χ2n) is 9.92. The molecular weight excluding hydrogens is 441 g/mol. The first-order valence-corrected chi connectivity index (χ1v) is 11.3. The highest BCUT2D eigenvalue weighted by Gasteiger charge is 2.70. The molecule has 0 saturated carbocycles. The average Bonchev–Trinajstić information content (AvgIpc) is 3.06. The molecule has 1 aliphatic heterocycles. The number of carbonyl (C=O) groups excluding carboxylic acids is 1. The van der Waals surface area contributed by atoms with Crippen LogP contribution in [0.4, 0.5) is 14.0 Å². The quantitative estimate of drug-likeness (QED) is 0.512. The fourth-order valence-corrected chi connectivity index (χ4v) is 4.76. The lowest BCUT2D eigenvalue weighted by Crippen LogP contribution is -2.68. The van der Waals surface area contributed by atoms with Gasteiger partial charge in [0.05, 0.1) is 0 Å². The Morgan fingerprint density at radius 3 is 2.35 bits per heavy atom. The minimum Gasteiger partial charge on any atom is -0.489 e. The number of carboxylic acid groups (broad SMARTS) is 1. The van der Waals surface area contributed by atoms with Crippen LogP contribution in [0.2, 0.25) is 0 Å². The fraction of sp³-hybridized carbons (Fsp3) is 0.462. The summed E-state index contributed by atoms with van der Waals surface area (Å²) in [5.41, 5.74) is -0.771. The SMILES string of the molecule is COCC1(C)CC[C@H](c2ccc(OCc3ccccc3F)cc2)[N+]1(C(=O)O)C(=O)OC(C)(C)C. The van der Waals surface area contributed by atoms with Crippen molar-refractivity contribution in [3.63, 3.8) is 0 Å². The number of imide groups is 1. The summed E-state index contributed by atoms with van der Waals surface area (Å²) in [6.45, 7) is 7.03. The summed E-state index contributed by atoms with van der Waals surface area (Å²) in [6.07, 6.45) is -1.18. The van der Waals surface area contributed by atoms with Crippen LogP contribution in [0, 0.1) is 5.82 Å². The van der Waals surface area contributed by atoms with Crippen LogP contribution in [-0.2, 0) is 16.1 Å². The zero-order valence-electron chi connectivity index (χ0n) is 20.3. The third-order valence-corrected chi connectivity index (χ3v) is 6.33. The maximum absolute atomic E-state index is 13.9. The third-order valence-electron chi connectivity index (χ3n) is 6.33. The van der Waals surface area contributed by atoms with Crippen LogP contribution in [0.15, 0.2) is 48.5 Å². The van der Waals surface area contributed by atoms with E-state index in [4.69, 9.17) is 14.2 Å². The first kappa shape index (κ1) is 25.6. The topological polar surface area (TPSA) is 82.1 Å². The summed E-state index contributed by atoms with van der Waals surface area (Å²) in [5, 5.41) is 10.5. The second-order valence-corrected chi connectivity index (χ2v) is 9.92. The molecule has 2 aromatic rings. The molecule has 7 nitrogen and oxygen atoms in total. The zero-order valence-corrected chi connectivity index (χ0v) is 20.3. The number of methoxy groups -OCH3 is 1. The molecule has 3 rings (SSSR count). The van der Waals surface area contributed by atoms with E-state index in [1.165, 1.54) is 13.2 Å². The van der Waals surface area contributed by atoms with Crippen molar-refractivity contribution >= 4 is 12.2 Å². The molecule has 0 aliphatic carbocycles. The smallest absolute Gasteiger partial charge is 0.489 e. The summed E-state index contributed by atoms with van der Waals surface area (Å²) in [6, 6.07) is 12.6. The highest BCUT2D eigenvalue weighted by atomic mass is 19.1. The minimum absolute atomic E-state index is 0.0639. The highest BCUT2D eigenvalue weighted by molar-refractivity contribution is 5.77. The Kier molecular flexibility index (Phi) is 7.33. The van der Waals surface area contributed by atoms with Gasteiger partial charge in [-0.1, -0.05) is 18.2 Å². The molecule has 8 heteroatoms. The summed E-state index contributed by atoms with van der Waals surface area (Å²) < 4.78 is 29.7. The van der Waals surface area contributed by atoms with Gasteiger partial charge in [0.1, 0.15) is 42.0 Å². The average molecular weight is 475 g/mol. The van der Waals surface area contributed by atoms with Crippen LogP contribution in [0.5, 0.6) is 5.75 Å². The third kappa shape index (κ3) is 4.79. The van der Waals surface area contributed by atoms with E-state index in [1.807, 2.05) is 0 Å². The van der Waals surface area contributed by atoms with E-state index in [0.29, 0.717) is 29.7 Å². The predicted octanol–water partition coefficient (Wildman–Crippen LogP) is 6.07. The number of nitrogens with zero attached hydrogens (tertiary/aromatic N) is 1. The molecular formula is C26H33FNO6+. The Balaban J connectivity index is 1.93. The van der Waals surface area contributed by atoms with E-state index in [2.05, 4.69) is 0 Å². The number of hydrogen-bond donors (Lipinski definition) is 1. The van der Waals surface area contributed by atoms with Crippen LogP contribution in [0.25, 0.3) is 0 Å². The van der Waals surface area contributed by atoms with Gasteiger partial charge in [0.25, 0.3) is 0 Å². The van der Waals surface area contributed by atoms with Crippen molar-refractivity contribution in [2.45, 2.75) is 64.3 Å². The van der Waals surface area contributed by atoms with Gasteiger partial charge in [0.2, 0.25) is 0 Å². The monoisotopic (exact) mass is 474 g/mol. The molecule has 0 aromatic heterocycles. The van der Waals surface area contributed by atoms with Crippen molar-refractivity contribution in [1.82, 2.24) is 0 Å². The lowest BCUT2D eigenvalue weighted by atomic mass is 9.98. The molecule has 1 saturated heterocycles. The van der Waals surface area contributed by atoms with Gasteiger partial charge in [-0.3, -0.25) is 0 Å². The number of rotatable bonds is 6. The second kappa shape index (κ2) is 9.72. The molecule has 184 valence electrons. The van der Waals surface area contributed by atoms with Gasteiger partial charge in [-0.25, -0.2) is 4.39 Å². The number of ether oxygens (including phenoxy) is 3. The maximum Gasteiger partial charge on any atom is 0.528 e. The summed E-state index contributed by atoms with van der Waals surface area (Å²) >= 11 is 0. The molecule has 2 amide bonds. The Morgan fingerprint density at radius 1 is 1.15 bits per heavy atom. The van der Waals surface area contributed by atoms with Crippen molar-refractivity contribution in [2.24, 2.45) is 0 Å². The van der Waals surface area contributed by atoms with Crippen molar-refractivity contribution in [3.05, 3.63) is 65.5 Å². The van der Waals surface area contributed by atoms with Crippen LogP contribution in [0.3, 0.4) is 0 Å². The van der Waals surface area contributed by atoms with Gasteiger partial charge >= 0.3 is 12.2 Å². The molecule has 0 radical (unpaired) electrons. The first-order chi connectivity index (χ1) is 15.9. The highest BCUT2D eigenvalue weighted by Crippen LogP contribution is 2.51. The van der Waals surface area contributed by atoms with E-state index in [1.54, 1.807) is 70.2 Å². The molecule has 0 spiro atoms. The Bertz CT molecular complexity index is 1030. The molecule has 1 fully saturated rings. The summed E-state index contributed by atoms with van der Waals surface area (Å²) in [5.74, 6) is 0.166. The number of carbonyl (C=O) groups is 2. The molecule has 1 aliphatic rings. The van der Waals surface area contributed by atoms with Crippen LogP contribution in [-0.4, -0.2) is 46.6 Å². The molecule has 2 unspecified atom stereocenters. The number of benzene rings is 2. The molecule has 34 heavy (non-hydrogen) atoms. The van der Waals surface area contributed by atoms with Crippen molar-refractivity contribution in [1.29, 1.82) is 0 Å². The number of halogens is 1. The Morgan fingerprint density at radius 2 is 1.79 bits per heavy atom. The zero-order chi connectivity index (χ0) is 25.1. The number of amides is 2. The molecule has 3 atom stereocenters. The van der Waals surface area contributed by atoms with Gasteiger partial charge in [-0.05, 0) is 58.0 Å². The lowest BCUT2D eigenvalue weighted by molar-refractivity contribution is -0.855. The normalized spacial score (nSPS) is 24.6. The summed E-state index contributed by atoms with van der Waals surface area (Å²) in [4.78, 5) is 26.3. The minimum atomic E-state index is -1.28. The van der Waals surface area contributed by atoms with Crippen LogP contribution < -0.4 is 4.74 Å². The largest absolute Gasteiger partial charge is 0.528 e. The van der Waals surface area contributed by atoms with Gasteiger partial charge in [0.15, 0.2) is 0 Å². The van der Waals surface area contributed by atoms with E-state index in [-0.39, 0.29) is 19.0 Å². The number of likely N-dealkylation sites (tertiary alicyclic amines) is 1. The van der Waals surface area contributed by atoms with Gasteiger partial charge in [0, 0.05) is 31.1 Å². The summed E-state index contributed by atoms with van der Waals surface area (Å²) in [7, 11) is 1.49. The van der Waals surface area contributed by atoms with Crippen molar-refractivity contribution in [3.8, 4) is 5.75 Å². The van der Waals surface area contributed by atoms with Gasteiger partial charge in [-0.15, -0.1) is 4.48 Å². The van der Waals surface area contributed by atoms with E-state index >= 15 is 0 Å². The van der Waals surface area contributed by atoms with Gasteiger partial charge < -0.3 is 19.3 Å². The Hall–Kier alpha value is -2.97. The fourth-order valence-electron chi connectivity index (χ4n) is 4.76. The number of quaternary nitrogens is 1. The van der Waals surface area contributed by atoms with Crippen LogP contribution in [0.1, 0.15) is 57.7 Å². The van der Waals surface area contributed by atoms with E-state index in [9.17, 15) is 19.1 Å². The molecule has 2 aromatic carbocycles. The van der Waals surface area contributed by atoms with Crippen molar-refractivity contribution in [2.75, 3.05) is 13.7 Å². The Labute approximate surface area is 199 Å². The standard InChI is InChI=1S/C26H32FNO6/c1-25(2,3)34-24(31)28(23(29)30)22(14-15-26(28,4)17-32-5)18-10-12-20(13-11-18)33-16-19-8-6-7-9-21(19)27/h6-13,22H,14-17H2,1-5H3/p+1/t22-,26?,28?/m1/s1. The number of hydrogen-bond acceptors (Lipinski definition) is 5. The molecule has 1 N–H and O–H groups in total. The predicted molar refractivity (Wildman–Crippen MR) is 124 cm³/mol. The van der Waals surface area contributed by atoms with Gasteiger partial charge in [-0.2, -0.15) is 9.59 Å². The molecule has 0 bridgehead atoms. The van der Waals surface area contributed by atoms with E-state index < -0.39 is 33.9 Å². The maximum atomic E-state index is 13.9. The lowest BCUT2D eigenvalue weighted by Gasteiger charge is -2.42. The van der Waals surface area contributed by atoms with Crippen molar-refractivity contribution < 1.29 is 37.8 Å². The van der Waals surface area contributed by atoms with E-state index in [0.717, 1.165) is 0 Å². The molecule has 1 heterocycles. The first-order valence-electron chi connectivity index (χ1n) is 11.3.